The first-order chi connectivity index (χ1) is 16.8. The van der Waals surface area contributed by atoms with Crippen molar-refractivity contribution in [2.75, 3.05) is 0 Å². The van der Waals surface area contributed by atoms with Crippen LogP contribution in [0.1, 0.15) is 0 Å². The Hall–Kier alpha value is -4.42. The normalized spacial score (nSPS) is 11.5. The van der Waals surface area contributed by atoms with Gasteiger partial charge in [0.15, 0.2) is 0 Å². The summed E-state index contributed by atoms with van der Waals surface area (Å²) in [6, 6.07) is 48.7. The molecule has 0 radical (unpaired) electrons. The SMILES string of the molecule is c1ccc2c(-c3ccc4cc5cc(-c6cccc7ccccc67)ccc5cc4c3)cccc2c1. The lowest BCUT2D eigenvalue weighted by molar-refractivity contribution is 1.67. The maximum Gasteiger partial charge on any atom is -0.0105 e. The van der Waals surface area contributed by atoms with E-state index in [1.807, 2.05) is 0 Å². The predicted octanol–water partition coefficient (Wildman–Crippen LogP) is 9.63. The van der Waals surface area contributed by atoms with Gasteiger partial charge in [-0.1, -0.05) is 109 Å². The molecule has 7 aromatic rings. The van der Waals surface area contributed by atoms with E-state index in [0.717, 1.165) is 0 Å². The molecule has 0 nitrogen and oxygen atoms in total. The van der Waals surface area contributed by atoms with E-state index in [0.29, 0.717) is 0 Å². The van der Waals surface area contributed by atoms with Gasteiger partial charge in [-0.05, 0) is 89.6 Å². The Labute approximate surface area is 198 Å². The fourth-order valence-corrected chi connectivity index (χ4v) is 5.29. The molecular formula is C34H22. The second kappa shape index (κ2) is 7.57. The second-order valence-corrected chi connectivity index (χ2v) is 9.03. The number of hydrogen-bond donors (Lipinski definition) is 0. The second-order valence-electron chi connectivity index (χ2n) is 9.03. The van der Waals surface area contributed by atoms with Crippen molar-refractivity contribution < 1.29 is 0 Å². The van der Waals surface area contributed by atoms with Crippen LogP contribution < -0.4 is 0 Å². The van der Waals surface area contributed by atoms with E-state index in [2.05, 4.69) is 133 Å². The van der Waals surface area contributed by atoms with Crippen molar-refractivity contribution in [2.45, 2.75) is 0 Å². The van der Waals surface area contributed by atoms with Crippen LogP contribution in [-0.2, 0) is 0 Å². The zero-order valence-corrected chi connectivity index (χ0v) is 18.7. The summed E-state index contributed by atoms with van der Waals surface area (Å²) in [5.41, 5.74) is 5.09. The monoisotopic (exact) mass is 430 g/mol. The van der Waals surface area contributed by atoms with Gasteiger partial charge in [-0.3, -0.25) is 0 Å². The van der Waals surface area contributed by atoms with Gasteiger partial charge in [0, 0.05) is 0 Å². The molecule has 0 amide bonds. The van der Waals surface area contributed by atoms with Gasteiger partial charge in [-0.15, -0.1) is 0 Å². The maximum absolute atomic E-state index is 2.33. The summed E-state index contributed by atoms with van der Waals surface area (Å²) in [4.78, 5) is 0. The highest BCUT2D eigenvalue weighted by atomic mass is 14.1. The molecule has 0 aliphatic rings. The third-order valence-electron chi connectivity index (χ3n) is 7.00. The van der Waals surface area contributed by atoms with Crippen LogP contribution in [0, 0.1) is 0 Å². The number of hydrogen-bond acceptors (Lipinski definition) is 0. The van der Waals surface area contributed by atoms with E-state index in [-0.39, 0.29) is 0 Å². The van der Waals surface area contributed by atoms with E-state index in [9.17, 15) is 0 Å². The highest BCUT2D eigenvalue weighted by Crippen LogP contribution is 2.35. The van der Waals surface area contributed by atoms with E-state index < -0.39 is 0 Å². The molecule has 0 heterocycles. The van der Waals surface area contributed by atoms with Gasteiger partial charge >= 0.3 is 0 Å². The summed E-state index contributed by atoms with van der Waals surface area (Å²) >= 11 is 0. The lowest BCUT2D eigenvalue weighted by atomic mass is 9.93. The first-order valence-electron chi connectivity index (χ1n) is 11.8. The molecule has 0 saturated heterocycles. The highest BCUT2D eigenvalue weighted by molar-refractivity contribution is 6.05. The quantitative estimate of drug-likeness (QED) is 0.239. The fourth-order valence-electron chi connectivity index (χ4n) is 5.29. The van der Waals surface area contributed by atoms with Crippen molar-refractivity contribution in [1.82, 2.24) is 0 Å². The van der Waals surface area contributed by atoms with Crippen molar-refractivity contribution >= 4 is 43.1 Å². The minimum atomic E-state index is 1.26. The molecule has 0 aromatic heterocycles. The van der Waals surface area contributed by atoms with E-state index in [1.54, 1.807) is 0 Å². The van der Waals surface area contributed by atoms with E-state index in [4.69, 9.17) is 0 Å². The summed E-state index contributed by atoms with van der Waals surface area (Å²) in [5, 5.41) is 10.2. The van der Waals surface area contributed by atoms with Crippen LogP contribution in [0.5, 0.6) is 0 Å². The summed E-state index contributed by atoms with van der Waals surface area (Å²) in [5.74, 6) is 0. The zero-order valence-electron chi connectivity index (χ0n) is 18.7. The fraction of sp³-hybridized carbons (Fsp3) is 0. The van der Waals surface area contributed by atoms with Gasteiger partial charge in [0.25, 0.3) is 0 Å². The smallest absolute Gasteiger partial charge is 0.0105 e. The standard InChI is InChI=1S/C34H22/c1-3-11-31-23(7-1)9-5-13-33(31)27-17-15-25-20-30-22-28(18-16-26(30)19-29(25)21-27)34-14-6-10-24-8-2-4-12-32(24)34/h1-22H. The van der Waals surface area contributed by atoms with Crippen LogP contribution in [0.15, 0.2) is 133 Å². The van der Waals surface area contributed by atoms with Crippen LogP contribution in [0.25, 0.3) is 65.3 Å². The average molecular weight is 431 g/mol. The predicted molar refractivity (Wildman–Crippen MR) is 147 cm³/mol. The lowest BCUT2D eigenvalue weighted by Gasteiger charge is -2.11. The van der Waals surface area contributed by atoms with Crippen LogP contribution in [0.4, 0.5) is 0 Å². The highest BCUT2D eigenvalue weighted by Gasteiger charge is 2.08. The summed E-state index contributed by atoms with van der Waals surface area (Å²) in [7, 11) is 0. The minimum absolute atomic E-state index is 1.26. The Morgan fingerprint density at radius 2 is 0.706 bits per heavy atom. The molecule has 0 N–H and O–H groups in total. The molecule has 158 valence electrons. The summed E-state index contributed by atoms with van der Waals surface area (Å²) in [6.07, 6.45) is 0. The van der Waals surface area contributed by atoms with Crippen molar-refractivity contribution in [3.8, 4) is 22.3 Å². The first kappa shape index (κ1) is 19.1. The molecule has 7 rings (SSSR count). The third-order valence-corrected chi connectivity index (χ3v) is 7.00. The van der Waals surface area contributed by atoms with Crippen LogP contribution in [0.3, 0.4) is 0 Å². The van der Waals surface area contributed by atoms with Crippen LogP contribution in [0.2, 0.25) is 0 Å². The average Bonchev–Trinajstić information content (AvgIpc) is 2.90. The van der Waals surface area contributed by atoms with Gasteiger partial charge in [0.1, 0.15) is 0 Å². The molecule has 7 aromatic carbocycles. The van der Waals surface area contributed by atoms with Crippen LogP contribution >= 0.6 is 0 Å². The van der Waals surface area contributed by atoms with Crippen LogP contribution in [-0.4, -0.2) is 0 Å². The van der Waals surface area contributed by atoms with Crippen molar-refractivity contribution in [1.29, 1.82) is 0 Å². The van der Waals surface area contributed by atoms with Gasteiger partial charge in [0.2, 0.25) is 0 Å². The Kier molecular flexibility index (Phi) is 4.25. The zero-order chi connectivity index (χ0) is 22.5. The van der Waals surface area contributed by atoms with Gasteiger partial charge in [-0.25, -0.2) is 0 Å². The Morgan fingerprint density at radius 3 is 1.21 bits per heavy atom. The third kappa shape index (κ3) is 3.08. The number of benzene rings is 7. The topological polar surface area (TPSA) is 0 Å². The molecule has 0 saturated carbocycles. The first-order valence-corrected chi connectivity index (χ1v) is 11.8. The largest absolute Gasteiger partial charge is 0.0616 e. The Balaban J connectivity index is 1.38. The Bertz CT molecular complexity index is 1710. The molecule has 0 atom stereocenters. The molecule has 0 fully saturated rings. The number of fused-ring (bicyclic) bond motifs is 4. The van der Waals surface area contributed by atoms with Crippen molar-refractivity contribution in [2.24, 2.45) is 0 Å². The molecule has 0 heteroatoms. The molecule has 0 aliphatic carbocycles. The van der Waals surface area contributed by atoms with E-state index in [1.165, 1.54) is 65.3 Å². The number of rotatable bonds is 2. The molecule has 34 heavy (non-hydrogen) atoms. The lowest BCUT2D eigenvalue weighted by Crippen LogP contribution is -1.84. The van der Waals surface area contributed by atoms with Crippen molar-refractivity contribution in [3.05, 3.63) is 133 Å². The van der Waals surface area contributed by atoms with Crippen molar-refractivity contribution in [3.63, 3.8) is 0 Å². The molecule has 0 unspecified atom stereocenters. The van der Waals surface area contributed by atoms with Gasteiger partial charge in [-0.2, -0.15) is 0 Å². The summed E-state index contributed by atoms with van der Waals surface area (Å²) < 4.78 is 0. The molecule has 0 spiro atoms. The molecule has 0 bridgehead atoms. The van der Waals surface area contributed by atoms with Gasteiger partial charge < -0.3 is 0 Å². The molecular weight excluding hydrogens is 408 g/mol. The Morgan fingerprint density at radius 1 is 0.265 bits per heavy atom. The van der Waals surface area contributed by atoms with E-state index >= 15 is 0 Å². The maximum atomic E-state index is 2.33. The van der Waals surface area contributed by atoms with Gasteiger partial charge in [0.05, 0.1) is 0 Å². The summed E-state index contributed by atoms with van der Waals surface area (Å²) in [6.45, 7) is 0. The minimum Gasteiger partial charge on any atom is -0.0616 e. The molecule has 0 aliphatic heterocycles.